The molecule has 374 valence electrons. The van der Waals surface area contributed by atoms with Crippen molar-refractivity contribution in [1.29, 1.82) is 0 Å². The molecule has 0 saturated heterocycles. The summed E-state index contributed by atoms with van der Waals surface area (Å²) in [6, 6.07) is 56.2. The summed E-state index contributed by atoms with van der Waals surface area (Å²) in [4.78, 5) is 55.8. The first-order valence-electron chi connectivity index (χ1n) is 26.5. The Kier molecular flexibility index (Phi) is 8.88. The molecule has 0 radical (unpaired) electrons. The number of rotatable bonds is 5. The smallest absolute Gasteiger partial charge is 0.236 e. The van der Waals surface area contributed by atoms with Gasteiger partial charge in [0.05, 0.1) is 27.6 Å². The van der Waals surface area contributed by atoms with Crippen LogP contribution in [-0.4, -0.2) is 68.5 Å². The summed E-state index contributed by atoms with van der Waals surface area (Å²) >= 11 is 0. The maximum Gasteiger partial charge on any atom is 0.236 e. The molecule has 0 spiro atoms. The Labute approximate surface area is 457 Å². The highest BCUT2D eigenvalue weighted by Gasteiger charge is 2.23. The molecule has 0 atom stereocenters. The van der Waals surface area contributed by atoms with Gasteiger partial charge in [0.2, 0.25) is 17.8 Å². The molecule has 81 heavy (non-hydrogen) atoms. The van der Waals surface area contributed by atoms with Crippen molar-refractivity contribution in [2.75, 3.05) is 0 Å². The van der Waals surface area contributed by atoms with Crippen LogP contribution in [0.4, 0.5) is 0 Å². The van der Waals surface area contributed by atoms with Gasteiger partial charge < -0.3 is 0 Å². The maximum atomic E-state index is 5.48. The van der Waals surface area contributed by atoms with Crippen LogP contribution in [-0.2, 0) is 0 Å². The number of nitrogens with zero attached hydrogens (tertiary/aromatic N) is 14. The Morgan fingerprint density at radius 2 is 0.704 bits per heavy atom. The van der Waals surface area contributed by atoms with Gasteiger partial charge in [-0.3, -0.25) is 23.7 Å². The van der Waals surface area contributed by atoms with Crippen LogP contribution in [0.3, 0.4) is 0 Å². The fourth-order valence-corrected chi connectivity index (χ4v) is 12.5. The molecule has 0 unspecified atom stereocenters. The van der Waals surface area contributed by atoms with Crippen molar-refractivity contribution in [2.45, 2.75) is 0 Å². The third-order valence-electron chi connectivity index (χ3n) is 16.1. The second-order valence-electron chi connectivity index (χ2n) is 20.4. The molecule has 8 aromatic carbocycles. The summed E-state index contributed by atoms with van der Waals surface area (Å²) in [5.41, 5.74) is 11.5. The van der Waals surface area contributed by atoms with E-state index in [-0.39, 0.29) is 0 Å². The van der Waals surface area contributed by atoms with E-state index in [1.807, 2.05) is 145 Å². The van der Waals surface area contributed by atoms with Crippen LogP contribution in [0.2, 0.25) is 0 Å². The van der Waals surface area contributed by atoms with Gasteiger partial charge in [-0.2, -0.15) is 0 Å². The quantitative estimate of drug-likeness (QED) is 0.151. The van der Waals surface area contributed by atoms with Gasteiger partial charge in [0.25, 0.3) is 0 Å². The number of para-hydroxylation sites is 2. The van der Waals surface area contributed by atoms with Crippen LogP contribution in [0.25, 0.3) is 171 Å². The summed E-state index contributed by atoms with van der Waals surface area (Å²) in [6.45, 7) is 0. The van der Waals surface area contributed by atoms with Crippen molar-refractivity contribution in [2.24, 2.45) is 0 Å². The normalized spacial score (nSPS) is 12.2. The minimum atomic E-state index is 0.513. The minimum Gasteiger partial charge on any atom is -0.278 e. The van der Waals surface area contributed by atoms with Gasteiger partial charge in [0.15, 0.2) is 5.82 Å². The SMILES string of the molecule is c1ccc(-c2ncc3c4cc(-c5ccc6c(c5)c5cnccc5n6-c5ncc6c7ccccc7c7cnc(-n8c9ccccc9c9cnccc98)nc7c6n5)ccc4c4cnc(-n5c6ccccc6c6cccnc65)nc4c3n2)cc1. The Hall–Kier alpha value is -11.5. The molecule has 14 nitrogen and oxygen atoms in total. The van der Waals surface area contributed by atoms with E-state index < -0.39 is 0 Å². The van der Waals surface area contributed by atoms with Gasteiger partial charge in [-0.15, -0.1) is 0 Å². The topological polar surface area (TPSA) is 157 Å². The summed E-state index contributed by atoms with van der Waals surface area (Å²) in [5.74, 6) is 2.18. The van der Waals surface area contributed by atoms with Crippen molar-refractivity contribution in [1.82, 2.24) is 68.5 Å². The highest BCUT2D eigenvalue weighted by Crippen LogP contribution is 2.41. The summed E-state index contributed by atoms with van der Waals surface area (Å²) in [6.07, 6.45) is 17.0. The number of pyridine rings is 3. The van der Waals surface area contributed by atoms with E-state index in [4.69, 9.17) is 44.9 Å². The molecule has 0 bridgehead atoms. The lowest BCUT2D eigenvalue weighted by Gasteiger charge is -2.13. The van der Waals surface area contributed by atoms with Crippen LogP contribution in [0, 0.1) is 0 Å². The fourth-order valence-electron chi connectivity index (χ4n) is 12.5. The van der Waals surface area contributed by atoms with Crippen LogP contribution in [0.5, 0.6) is 0 Å². The van der Waals surface area contributed by atoms with E-state index >= 15 is 0 Å². The molecule has 0 N–H and O–H groups in total. The van der Waals surface area contributed by atoms with Gasteiger partial charge in [0.1, 0.15) is 27.7 Å². The number of aromatic nitrogens is 14. The second-order valence-corrected chi connectivity index (χ2v) is 20.4. The van der Waals surface area contributed by atoms with Crippen molar-refractivity contribution in [3.8, 4) is 40.4 Å². The van der Waals surface area contributed by atoms with Crippen LogP contribution in [0.1, 0.15) is 0 Å². The first kappa shape index (κ1) is 43.6. The maximum absolute atomic E-state index is 5.48. The lowest BCUT2D eigenvalue weighted by Crippen LogP contribution is -2.04. The minimum absolute atomic E-state index is 0.513. The molecular formula is C67H36N14. The number of benzene rings is 8. The lowest BCUT2D eigenvalue weighted by molar-refractivity contribution is 0.996. The molecular weight excluding hydrogens is 1000 g/mol. The van der Waals surface area contributed by atoms with E-state index in [0.29, 0.717) is 23.7 Å². The van der Waals surface area contributed by atoms with Crippen molar-refractivity contribution >= 4 is 131 Å². The first-order chi connectivity index (χ1) is 40.2. The van der Waals surface area contributed by atoms with Gasteiger partial charge in [-0.05, 0) is 87.3 Å². The molecule has 10 heterocycles. The lowest BCUT2D eigenvalue weighted by atomic mass is 9.96. The highest BCUT2D eigenvalue weighted by molar-refractivity contribution is 6.25. The van der Waals surface area contributed by atoms with Gasteiger partial charge >= 0.3 is 0 Å². The Morgan fingerprint density at radius 1 is 0.247 bits per heavy atom. The molecule has 14 heteroatoms. The Balaban J connectivity index is 0.816. The monoisotopic (exact) mass is 1040 g/mol. The standard InChI is InChI=1S/C67H36N14/c1-2-11-37(12-3-1)63-71-33-53-46-29-38(20-22-42(46)52-36-74-67(78-60(52)59(53)75-63)81-55-19-9-6-15-43(55)45-17-10-26-70-64(45)81)39-21-23-56-47(30-39)49-32-69-28-25-58(49)80(56)66-73-35-51-41-14-5-4-13-40(41)50-34-72-65(76-61(50)62(51)77-66)79-54-18-8-7-16-44(54)48-31-68-27-24-57(48)79/h1-36H. The Morgan fingerprint density at radius 3 is 1.36 bits per heavy atom. The van der Waals surface area contributed by atoms with E-state index in [0.717, 1.165) is 147 Å². The van der Waals surface area contributed by atoms with Crippen LogP contribution >= 0.6 is 0 Å². The third kappa shape index (κ3) is 6.23. The predicted molar refractivity (Wildman–Crippen MR) is 321 cm³/mol. The molecule has 0 aliphatic heterocycles. The molecule has 0 saturated carbocycles. The zero-order valence-electron chi connectivity index (χ0n) is 42.5. The molecule has 0 fully saturated rings. The largest absolute Gasteiger partial charge is 0.278 e. The van der Waals surface area contributed by atoms with E-state index in [9.17, 15) is 0 Å². The average molecular weight is 1040 g/mol. The number of fused-ring (bicyclic) bond motifs is 21. The van der Waals surface area contributed by atoms with Crippen LogP contribution in [0.15, 0.2) is 220 Å². The fraction of sp³-hybridized carbons (Fsp3) is 0. The van der Waals surface area contributed by atoms with Gasteiger partial charge in [-0.25, -0.2) is 44.9 Å². The van der Waals surface area contributed by atoms with Gasteiger partial charge in [0, 0.05) is 115 Å². The van der Waals surface area contributed by atoms with Gasteiger partial charge in [-0.1, -0.05) is 109 Å². The summed E-state index contributed by atoms with van der Waals surface area (Å²) in [7, 11) is 0. The molecule has 0 amide bonds. The summed E-state index contributed by atoms with van der Waals surface area (Å²) < 4.78 is 6.28. The molecule has 0 aliphatic carbocycles. The molecule has 18 aromatic rings. The molecule has 18 rings (SSSR count). The summed E-state index contributed by atoms with van der Waals surface area (Å²) in [5, 5.41) is 13.8. The van der Waals surface area contributed by atoms with Crippen LogP contribution < -0.4 is 0 Å². The second kappa shape index (κ2) is 16.5. The first-order valence-corrected chi connectivity index (χ1v) is 26.5. The van der Waals surface area contributed by atoms with Crippen molar-refractivity contribution in [3.63, 3.8) is 0 Å². The number of hydrogen-bond donors (Lipinski definition) is 0. The van der Waals surface area contributed by atoms with Crippen molar-refractivity contribution in [3.05, 3.63) is 220 Å². The average Bonchev–Trinajstić information content (AvgIpc) is 4.41. The molecule has 0 aliphatic rings. The Bertz CT molecular complexity index is 5640. The number of hydrogen-bond acceptors (Lipinski definition) is 11. The van der Waals surface area contributed by atoms with Crippen molar-refractivity contribution < 1.29 is 0 Å². The zero-order chi connectivity index (χ0) is 52.9. The molecule has 10 aromatic heterocycles. The van der Waals surface area contributed by atoms with E-state index in [1.165, 1.54) is 0 Å². The highest BCUT2D eigenvalue weighted by atomic mass is 15.2. The van der Waals surface area contributed by atoms with E-state index in [2.05, 4.69) is 98.0 Å². The van der Waals surface area contributed by atoms with E-state index in [1.54, 1.807) is 0 Å². The zero-order valence-corrected chi connectivity index (χ0v) is 42.5. The predicted octanol–water partition coefficient (Wildman–Crippen LogP) is 14.6. The third-order valence-corrected chi connectivity index (χ3v) is 16.1.